The average molecular weight is 398 g/mol. The number of aryl methyl sites for hydroxylation is 1. The van der Waals surface area contributed by atoms with Crippen molar-refractivity contribution in [2.45, 2.75) is 31.7 Å². The van der Waals surface area contributed by atoms with Crippen LogP contribution in [-0.4, -0.2) is 37.4 Å². The van der Waals surface area contributed by atoms with Gasteiger partial charge in [0.25, 0.3) is 0 Å². The van der Waals surface area contributed by atoms with Gasteiger partial charge in [0.15, 0.2) is 0 Å². The molecule has 6 heteroatoms. The van der Waals surface area contributed by atoms with Crippen LogP contribution in [0.5, 0.6) is 5.75 Å². The van der Waals surface area contributed by atoms with E-state index in [4.69, 9.17) is 4.74 Å². The molecular formula is C23H27FN2O3. The maximum absolute atomic E-state index is 13.0. The van der Waals surface area contributed by atoms with Crippen molar-refractivity contribution < 1.29 is 18.7 Å². The quantitative estimate of drug-likeness (QED) is 0.727. The van der Waals surface area contributed by atoms with E-state index < -0.39 is 0 Å². The number of rotatable bonds is 7. The normalized spacial score (nSPS) is 19.1. The van der Waals surface area contributed by atoms with Gasteiger partial charge in [-0.2, -0.15) is 0 Å². The number of piperidine rings is 1. The third kappa shape index (κ3) is 5.13. The summed E-state index contributed by atoms with van der Waals surface area (Å²) in [5.74, 6) is 0.204. The Morgan fingerprint density at radius 1 is 1.17 bits per heavy atom. The molecule has 3 rings (SSSR count). The summed E-state index contributed by atoms with van der Waals surface area (Å²) >= 11 is 0. The first-order valence-corrected chi connectivity index (χ1v) is 9.91. The summed E-state index contributed by atoms with van der Waals surface area (Å²) in [6.07, 6.45) is 2.44. The summed E-state index contributed by atoms with van der Waals surface area (Å²) in [6, 6.07) is 13.6. The van der Waals surface area contributed by atoms with Gasteiger partial charge in [-0.05, 0) is 54.7 Å². The zero-order chi connectivity index (χ0) is 20.8. The van der Waals surface area contributed by atoms with Crippen molar-refractivity contribution in [1.29, 1.82) is 0 Å². The maximum atomic E-state index is 13.0. The summed E-state index contributed by atoms with van der Waals surface area (Å²) < 4.78 is 18.2. The third-order valence-corrected chi connectivity index (χ3v) is 5.51. The number of amides is 2. The van der Waals surface area contributed by atoms with Crippen molar-refractivity contribution in [1.82, 2.24) is 10.2 Å². The van der Waals surface area contributed by atoms with Crippen molar-refractivity contribution in [3.8, 4) is 5.75 Å². The molecule has 2 atom stereocenters. The number of halogens is 1. The number of nitrogens with one attached hydrogen (secondary N) is 1. The second-order valence-corrected chi connectivity index (χ2v) is 7.39. The van der Waals surface area contributed by atoms with Gasteiger partial charge in [-0.25, -0.2) is 4.39 Å². The Balaban J connectivity index is 1.61. The van der Waals surface area contributed by atoms with Gasteiger partial charge in [-0.1, -0.05) is 24.3 Å². The lowest BCUT2D eigenvalue weighted by Gasteiger charge is -2.38. The van der Waals surface area contributed by atoms with E-state index in [1.54, 1.807) is 31.2 Å². The molecule has 2 aromatic carbocycles. The molecule has 0 spiro atoms. The molecule has 0 aromatic heterocycles. The molecule has 0 saturated carbocycles. The molecule has 1 saturated heterocycles. The first-order chi connectivity index (χ1) is 14.0. The molecule has 1 aliphatic rings. The molecule has 154 valence electrons. The fourth-order valence-corrected chi connectivity index (χ4v) is 3.86. The van der Waals surface area contributed by atoms with Gasteiger partial charge in [-0.15, -0.1) is 0 Å². The zero-order valence-corrected chi connectivity index (χ0v) is 16.9. The Bertz CT molecular complexity index is 836. The van der Waals surface area contributed by atoms with Crippen LogP contribution in [0.2, 0.25) is 0 Å². The molecule has 1 N–H and O–H groups in total. The highest BCUT2D eigenvalue weighted by atomic mass is 19.1. The van der Waals surface area contributed by atoms with Gasteiger partial charge in [0.1, 0.15) is 11.6 Å². The summed E-state index contributed by atoms with van der Waals surface area (Å²) in [5, 5.41) is 3.02. The van der Waals surface area contributed by atoms with Gasteiger partial charge < -0.3 is 15.0 Å². The second-order valence-electron chi connectivity index (χ2n) is 7.39. The van der Waals surface area contributed by atoms with Crippen LogP contribution in [-0.2, 0) is 16.0 Å². The van der Waals surface area contributed by atoms with Crippen LogP contribution in [0.15, 0.2) is 48.5 Å². The zero-order valence-electron chi connectivity index (χ0n) is 16.9. The summed E-state index contributed by atoms with van der Waals surface area (Å²) in [7, 11) is 3.36. The molecule has 29 heavy (non-hydrogen) atoms. The second kappa shape index (κ2) is 9.54. The molecule has 1 fully saturated rings. The Labute approximate surface area is 170 Å². The van der Waals surface area contributed by atoms with Gasteiger partial charge in [0, 0.05) is 20.0 Å². The van der Waals surface area contributed by atoms with Gasteiger partial charge in [0.2, 0.25) is 11.8 Å². The molecule has 0 aliphatic carbocycles. The Morgan fingerprint density at radius 3 is 2.52 bits per heavy atom. The minimum atomic E-state index is -0.295. The smallest absolute Gasteiger partial charge is 0.225 e. The number of benzene rings is 2. The molecule has 1 aliphatic heterocycles. The van der Waals surface area contributed by atoms with Gasteiger partial charge >= 0.3 is 0 Å². The van der Waals surface area contributed by atoms with E-state index in [0.29, 0.717) is 19.4 Å². The number of methoxy groups -OCH3 is 1. The molecule has 5 nitrogen and oxygen atoms in total. The summed E-state index contributed by atoms with van der Waals surface area (Å²) in [6.45, 7) is 0.541. The number of carbonyl (C=O) groups excluding carboxylic acids is 2. The average Bonchev–Trinajstić information content (AvgIpc) is 2.74. The van der Waals surface area contributed by atoms with Crippen LogP contribution in [0, 0.1) is 11.7 Å². The molecular weight excluding hydrogens is 371 g/mol. The standard InChI is InChI=1S/C23H27FN2O3/c1-26-21(27)14-13-20(22(26)17-7-11-19(29-2)12-8-17)23(28)25-15-3-4-16-5-9-18(24)10-6-16/h5-12,20,22H,3-4,13-15H2,1-2H3,(H,25,28). The van der Waals surface area contributed by atoms with Crippen LogP contribution in [0.3, 0.4) is 0 Å². The summed E-state index contributed by atoms with van der Waals surface area (Å²) in [4.78, 5) is 26.8. The number of likely N-dealkylation sites (tertiary alicyclic amines) is 1. The van der Waals surface area contributed by atoms with Crippen molar-refractivity contribution in [2.24, 2.45) is 5.92 Å². The predicted octanol–water partition coefficient (Wildman–Crippen LogP) is 3.49. The van der Waals surface area contributed by atoms with E-state index in [1.807, 2.05) is 24.3 Å². The Kier molecular flexibility index (Phi) is 6.86. The maximum Gasteiger partial charge on any atom is 0.225 e. The molecule has 2 amide bonds. The largest absolute Gasteiger partial charge is 0.497 e. The van der Waals surface area contributed by atoms with E-state index in [-0.39, 0.29) is 29.6 Å². The monoisotopic (exact) mass is 398 g/mol. The van der Waals surface area contributed by atoms with E-state index >= 15 is 0 Å². The number of nitrogens with zero attached hydrogens (tertiary/aromatic N) is 1. The van der Waals surface area contributed by atoms with E-state index in [9.17, 15) is 14.0 Å². The van der Waals surface area contributed by atoms with Gasteiger partial charge in [-0.3, -0.25) is 9.59 Å². The SMILES string of the molecule is COc1ccc(C2C(C(=O)NCCCc3ccc(F)cc3)CCC(=O)N2C)cc1. The Morgan fingerprint density at radius 2 is 1.86 bits per heavy atom. The fourth-order valence-electron chi connectivity index (χ4n) is 3.86. The number of hydrogen-bond donors (Lipinski definition) is 1. The van der Waals surface area contributed by atoms with Crippen LogP contribution in [0.4, 0.5) is 4.39 Å². The van der Waals surface area contributed by atoms with Crippen molar-refractivity contribution in [2.75, 3.05) is 20.7 Å². The van der Waals surface area contributed by atoms with Gasteiger partial charge in [0.05, 0.1) is 19.1 Å². The van der Waals surface area contributed by atoms with Crippen molar-refractivity contribution in [3.05, 3.63) is 65.5 Å². The molecule has 2 unspecified atom stereocenters. The highest BCUT2D eigenvalue weighted by molar-refractivity contribution is 5.84. The van der Waals surface area contributed by atoms with E-state index in [0.717, 1.165) is 29.7 Å². The molecule has 1 heterocycles. The molecule has 0 radical (unpaired) electrons. The third-order valence-electron chi connectivity index (χ3n) is 5.51. The minimum Gasteiger partial charge on any atom is -0.497 e. The fraction of sp³-hybridized carbons (Fsp3) is 0.391. The van der Waals surface area contributed by atoms with Crippen LogP contribution in [0.1, 0.15) is 36.4 Å². The summed E-state index contributed by atoms with van der Waals surface area (Å²) in [5.41, 5.74) is 1.97. The minimum absolute atomic E-state index is 0.0377. The lowest BCUT2D eigenvalue weighted by Crippen LogP contribution is -2.46. The van der Waals surface area contributed by atoms with E-state index in [2.05, 4.69) is 5.32 Å². The van der Waals surface area contributed by atoms with Crippen LogP contribution >= 0.6 is 0 Å². The van der Waals surface area contributed by atoms with Crippen molar-refractivity contribution >= 4 is 11.8 Å². The first kappa shape index (κ1) is 20.8. The van der Waals surface area contributed by atoms with Crippen LogP contribution in [0.25, 0.3) is 0 Å². The highest BCUT2D eigenvalue weighted by Crippen LogP contribution is 2.36. The number of ether oxygens (including phenoxy) is 1. The topological polar surface area (TPSA) is 58.6 Å². The highest BCUT2D eigenvalue weighted by Gasteiger charge is 2.38. The first-order valence-electron chi connectivity index (χ1n) is 9.91. The van der Waals surface area contributed by atoms with Crippen molar-refractivity contribution in [3.63, 3.8) is 0 Å². The lowest BCUT2D eigenvalue weighted by molar-refractivity contribution is -0.141. The molecule has 2 aromatic rings. The van der Waals surface area contributed by atoms with Crippen LogP contribution < -0.4 is 10.1 Å². The number of carbonyl (C=O) groups is 2. The Hall–Kier alpha value is -2.89. The number of hydrogen-bond acceptors (Lipinski definition) is 3. The molecule has 0 bridgehead atoms. The van der Waals surface area contributed by atoms with E-state index in [1.165, 1.54) is 12.1 Å². The predicted molar refractivity (Wildman–Crippen MR) is 109 cm³/mol. The lowest BCUT2D eigenvalue weighted by atomic mass is 9.84.